The molecule has 1 atom stereocenters. The Morgan fingerprint density at radius 1 is 1.35 bits per heavy atom. The van der Waals surface area contributed by atoms with E-state index in [0.717, 1.165) is 41.8 Å². The average molecular weight is 271 g/mol. The fourth-order valence-corrected chi connectivity index (χ4v) is 2.90. The number of para-hydroxylation sites is 1. The van der Waals surface area contributed by atoms with Crippen molar-refractivity contribution in [2.75, 3.05) is 32.1 Å². The van der Waals surface area contributed by atoms with E-state index in [1.807, 2.05) is 30.3 Å². The van der Waals surface area contributed by atoms with Crippen LogP contribution in [0.25, 0.3) is 10.9 Å². The molecule has 1 N–H and O–H groups in total. The van der Waals surface area contributed by atoms with Crippen molar-refractivity contribution in [2.24, 2.45) is 0 Å². The number of anilines is 1. The Morgan fingerprint density at radius 2 is 2.15 bits per heavy atom. The molecule has 0 saturated carbocycles. The van der Waals surface area contributed by atoms with E-state index in [4.69, 9.17) is 4.98 Å². The Hall–Kier alpha value is -1.65. The average Bonchev–Trinajstić information content (AvgIpc) is 2.96. The van der Waals surface area contributed by atoms with Gasteiger partial charge in [-0.15, -0.1) is 0 Å². The Labute approximate surface area is 119 Å². The molecule has 1 aromatic carbocycles. The van der Waals surface area contributed by atoms with Gasteiger partial charge in [0.05, 0.1) is 12.1 Å². The minimum Gasteiger partial charge on any atom is -0.392 e. The Bertz CT molecular complexity index is 612. The summed E-state index contributed by atoms with van der Waals surface area (Å²) in [6, 6.07) is 10.6. The zero-order chi connectivity index (χ0) is 14.1. The fourth-order valence-electron chi connectivity index (χ4n) is 2.90. The number of hydrogen-bond acceptors (Lipinski definition) is 4. The summed E-state index contributed by atoms with van der Waals surface area (Å²) in [6.07, 6.45) is 1.16. The Morgan fingerprint density at radius 3 is 2.85 bits per heavy atom. The maximum Gasteiger partial charge on any atom is 0.129 e. The second-order valence-corrected chi connectivity index (χ2v) is 5.67. The fraction of sp³-hybridized carbons (Fsp3) is 0.438. The third kappa shape index (κ3) is 2.37. The van der Waals surface area contributed by atoms with Gasteiger partial charge in [0.25, 0.3) is 0 Å². The molecule has 3 rings (SSSR count). The maximum absolute atomic E-state index is 9.59. The van der Waals surface area contributed by atoms with E-state index >= 15 is 0 Å². The number of nitrogens with zero attached hydrogens (tertiary/aromatic N) is 3. The molecular weight excluding hydrogens is 250 g/mol. The third-order valence-corrected chi connectivity index (χ3v) is 4.18. The van der Waals surface area contributed by atoms with E-state index in [2.05, 4.69) is 23.9 Å². The van der Waals surface area contributed by atoms with E-state index in [9.17, 15) is 5.11 Å². The molecule has 2 heterocycles. The molecule has 0 amide bonds. The van der Waals surface area contributed by atoms with Gasteiger partial charge in [0.15, 0.2) is 0 Å². The highest BCUT2D eigenvalue weighted by Crippen LogP contribution is 2.26. The molecule has 1 fully saturated rings. The summed E-state index contributed by atoms with van der Waals surface area (Å²) < 4.78 is 0. The van der Waals surface area contributed by atoms with Gasteiger partial charge in [-0.25, -0.2) is 4.98 Å². The van der Waals surface area contributed by atoms with E-state index in [1.165, 1.54) is 0 Å². The Kier molecular flexibility index (Phi) is 3.59. The highest BCUT2D eigenvalue weighted by molar-refractivity contribution is 5.84. The number of hydrogen-bond donors (Lipinski definition) is 1. The number of fused-ring (bicyclic) bond motifs is 1. The SMILES string of the molecule is CN(C)C1CCN(c2cc(CO)c3ccccc3n2)C1. The summed E-state index contributed by atoms with van der Waals surface area (Å²) in [5.74, 6) is 0.983. The van der Waals surface area contributed by atoms with E-state index in [1.54, 1.807) is 0 Å². The first kappa shape index (κ1) is 13.3. The highest BCUT2D eigenvalue weighted by Gasteiger charge is 2.25. The van der Waals surface area contributed by atoms with Crippen LogP contribution in [0, 0.1) is 0 Å². The Balaban J connectivity index is 1.96. The lowest BCUT2D eigenvalue weighted by Gasteiger charge is -2.22. The van der Waals surface area contributed by atoms with Gasteiger partial charge in [-0.3, -0.25) is 0 Å². The highest BCUT2D eigenvalue weighted by atomic mass is 16.3. The molecule has 20 heavy (non-hydrogen) atoms. The standard InChI is InChI=1S/C16H21N3O/c1-18(2)13-7-8-19(10-13)16-9-12(11-20)14-5-3-4-6-15(14)17-16/h3-6,9,13,20H,7-8,10-11H2,1-2H3. The van der Waals surface area contributed by atoms with Crippen LogP contribution in [0.3, 0.4) is 0 Å². The number of rotatable bonds is 3. The van der Waals surface area contributed by atoms with Crippen molar-refractivity contribution in [2.45, 2.75) is 19.1 Å². The predicted molar refractivity (Wildman–Crippen MR) is 82.0 cm³/mol. The molecule has 1 saturated heterocycles. The van der Waals surface area contributed by atoms with Crippen LogP contribution in [0.5, 0.6) is 0 Å². The molecule has 1 aliphatic heterocycles. The molecule has 0 aliphatic carbocycles. The van der Waals surface area contributed by atoms with E-state index in [0.29, 0.717) is 6.04 Å². The van der Waals surface area contributed by atoms with Gasteiger partial charge < -0.3 is 14.9 Å². The third-order valence-electron chi connectivity index (χ3n) is 4.18. The summed E-state index contributed by atoms with van der Waals surface area (Å²) in [5, 5.41) is 10.6. The number of pyridine rings is 1. The van der Waals surface area contributed by atoms with Crippen LogP contribution < -0.4 is 4.90 Å². The first-order valence-electron chi connectivity index (χ1n) is 7.10. The molecule has 0 bridgehead atoms. The van der Waals surface area contributed by atoms with Gasteiger partial charge >= 0.3 is 0 Å². The maximum atomic E-state index is 9.59. The lowest BCUT2D eigenvalue weighted by Crippen LogP contribution is -2.31. The predicted octanol–water partition coefficient (Wildman–Crippen LogP) is 1.87. The first-order chi connectivity index (χ1) is 9.69. The molecule has 1 aromatic heterocycles. The monoisotopic (exact) mass is 271 g/mol. The van der Waals surface area contributed by atoms with Crippen LogP contribution >= 0.6 is 0 Å². The summed E-state index contributed by atoms with van der Waals surface area (Å²) >= 11 is 0. The second-order valence-electron chi connectivity index (χ2n) is 5.67. The largest absolute Gasteiger partial charge is 0.392 e. The van der Waals surface area contributed by atoms with E-state index < -0.39 is 0 Å². The number of aliphatic hydroxyl groups excluding tert-OH is 1. The van der Waals surface area contributed by atoms with Crippen LogP contribution in [0.15, 0.2) is 30.3 Å². The van der Waals surface area contributed by atoms with Crippen LogP contribution in [0.4, 0.5) is 5.82 Å². The molecule has 0 spiro atoms. The molecule has 1 unspecified atom stereocenters. The van der Waals surface area contributed by atoms with Crippen molar-refractivity contribution in [1.82, 2.24) is 9.88 Å². The number of aliphatic hydroxyl groups is 1. The molecule has 4 heteroatoms. The van der Waals surface area contributed by atoms with Crippen molar-refractivity contribution in [3.8, 4) is 0 Å². The van der Waals surface area contributed by atoms with Gasteiger partial charge in [0, 0.05) is 24.5 Å². The van der Waals surface area contributed by atoms with Gasteiger partial charge in [0.2, 0.25) is 0 Å². The zero-order valence-corrected chi connectivity index (χ0v) is 12.1. The summed E-state index contributed by atoms with van der Waals surface area (Å²) in [6.45, 7) is 2.09. The lowest BCUT2D eigenvalue weighted by atomic mass is 10.1. The van der Waals surface area contributed by atoms with E-state index in [-0.39, 0.29) is 6.61 Å². The number of aromatic nitrogens is 1. The molecular formula is C16H21N3O. The van der Waals surface area contributed by atoms with Crippen LogP contribution in [0.2, 0.25) is 0 Å². The molecule has 2 aromatic rings. The van der Waals surface area contributed by atoms with Gasteiger partial charge in [-0.2, -0.15) is 0 Å². The quantitative estimate of drug-likeness (QED) is 0.925. The summed E-state index contributed by atoms with van der Waals surface area (Å²) in [5.41, 5.74) is 1.92. The topological polar surface area (TPSA) is 39.6 Å². The van der Waals surface area contributed by atoms with Gasteiger partial charge in [-0.05, 0) is 38.2 Å². The molecule has 1 aliphatic rings. The molecule has 4 nitrogen and oxygen atoms in total. The van der Waals surface area contributed by atoms with Crippen molar-refractivity contribution in [1.29, 1.82) is 0 Å². The first-order valence-corrected chi connectivity index (χ1v) is 7.10. The van der Waals surface area contributed by atoms with Crippen LogP contribution in [0.1, 0.15) is 12.0 Å². The van der Waals surface area contributed by atoms with Crippen molar-refractivity contribution < 1.29 is 5.11 Å². The summed E-state index contributed by atoms with van der Waals surface area (Å²) in [7, 11) is 4.25. The minimum absolute atomic E-state index is 0.0565. The zero-order valence-electron chi connectivity index (χ0n) is 12.1. The molecule has 0 radical (unpaired) electrons. The van der Waals surface area contributed by atoms with Crippen LogP contribution in [-0.4, -0.2) is 48.2 Å². The lowest BCUT2D eigenvalue weighted by molar-refractivity contribution is 0.283. The smallest absolute Gasteiger partial charge is 0.129 e. The number of likely N-dealkylation sites (N-methyl/N-ethyl adjacent to an activating group) is 1. The second kappa shape index (κ2) is 5.38. The molecule has 106 valence electrons. The van der Waals surface area contributed by atoms with Crippen molar-refractivity contribution in [3.05, 3.63) is 35.9 Å². The van der Waals surface area contributed by atoms with Crippen molar-refractivity contribution in [3.63, 3.8) is 0 Å². The van der Waals surface area contributed by atoms with Gasteiger partial charge in [-0.1, -0.05) is 18.2 Å². The van der Waals surface area contributed by atoms with Crippen molar-refractivity contribution >= 4 is 16.7 Å². The normalized spacial score (nSPS) is 19.2. The van der Waals surface area contributed by atoms with Gasteiger partial charge in [0.1, 0.15) is 5.82 Å². The summed E-state index contributed by atoms with van der Waals surface area (Å²) in [4.78, 5) is 9.34. The number of benzene rings is 1. The minimum atomic E-state index is 0.0565. The van der Waals surface area contributed by atoms with Crippen LogP contribution in [-0.2, 0) is 6.61 Å².